The van der Waals surface area contributed by atoms with Crippen molar-refractivity contribution in [2.75, 3.05) is 4.90 Å². The van der Waals surface area contributed by atoms with Gasteiger partial charge in [0, 0.05) is 49.1 Å². The van der Waals surface area contributed by atoms with Gasteiger partial charge in [0.25, 0.3) is 0 Å². The topological polar surface area (TPSA) is 69.5 Å². The molecule has 0 saturated heterocycles. The van der Waals surface area contributed by atoms with E-state index in [0.717, 1.165) is 39.7 Å². The van der Waals surface area contributed by atoms with Crippen molar-refractivity contribution in [2.24, 2.45) is 0 Å². The number of aliphatic hydroxyl groups is 2. The Kier molecular flexibility index (Phi) is 11.2. The van der Waals surface area contributed by atoms with E-state index in [0.29, 0.717) is 6.42 Å². The predicted octanol–water partition coefficient (Wildman–Crippen LogP) is 6.17. The summed E-state index contributed by atoms with van der Waals surface area (Å²) in [5.74, 6) is 0. The Labute approximate surface area is 221 Å². The zero-order valence-corrected chi connectivity index (χ0v) is 22.9. The van der Waals surface area contributed by atoms with Crippen LogP contribution in [0.5, 0.6) is 0 Å². The molecular formula is C29H32IrN3O2-. The van der Waals surface area contributed by atoms with Crippen molar-refractivity contribution in [2.45, 2.75) is 46.3 Å². The van der Waals surface area contributed by atoms with E-state index in [1.54, 1.807) is 20.0 Å². The van der Waals surface area contributed by atoms with Crippen LogP contribution in [-0.2, 0) is 20.1 Å². The summed E-state index contributed by atoms with van der Waals surface area (Å²) >= 11 is 0. The molecule has 1 heterocycles. The fourth-order valence-electron chi connectivity index (χ4n) is 3.66. The van der Waals surface area contributed by atoms with Crippen LogP contribution in [0.25, 0.3) is 11.3 Å². The van der Waals surface area contributed by atoms with Crippen LogP contribution in [0.1, 0.15) is 31.7 Å². The number of aryl methyl sites for hydroxylation is 2. The van der Waals surface area contributed by atoms with E-state index in [9.17, 15) is 0 Å². The Morgan fingerprint density at radius 2 is 1.34 bits per heavy atom. The van der Waals surface area contributed by atoms with E-state index < -0.39 is 0 Å². The SMILES string of the molecule is CC(O)CC(C)O.Cc1cnc(-c2[c-]cc(N(c3ccccc3)c3ccccc3)cc2)c(C)n1.[Ir]. The van der Waals surface area contributed by atoms with Gasteiger partial charge < -0.3 is 20.1 Å². The predicted molar refractivity (Wildman–Crippen MR) is 138 cm³/mol. The van der Waals surface area contributed by atoms with Crippen LogP contribution in [0, 0.1) is 19.9 Å². The van der Waals surface area contributed by atoms with E-state index in [2.05, 4.69) is 81.6 Å². The molecular weight excluding hydrogens is 615 g/mol. The van der Waals surface area contributed by atoms with Crippen molar-refractivity contribution in [3.05, 3.63) is 103 Å². The maximum Gasteiger partial charge on any atom is 0.0539 e. The number of aromatic nitrogens is 2. The summed E-state index contributed by atoms with van der Waals surface area (Å²) in [6.07, 6.45) is 1.52. The molecule has 1 radical (unpaired) electrons. The second-order valence-electron chi connectivity index (χ2n) is 8.35. The summed E-state index contributed by atoms with van der Waals surface area (Å²) in [6, 6.07) is 30.2. The van der Waals surface area contributed by atoms with Crippen LogP contribution in [-0.4, -0.2) is 32.4 Å². The molecule has 2 atom stereocenters. The summed E-state index contributed by atoms with van der Waals surface area (Å²) in [6.45, 7) is 7.25. The van der Waals surface area contributed by atoms with Gasteiger partial charge in [0.05, 0.1) is 17.9 Å². The summed E-state index contributed by atoms with van der Waals surface area (Å²) in [5, 5.41) is 17.1. The normalized spacial score (nSPS) is 11.9. The molecule has 185 valence electrons. The number of hydrogen-bond donors (Lipinski definition) is 2. The van der Waals surface area contributed by atoms with Crippen molar-refractivity contribution < 1.29 is 30.3 Å². The first-order valence-corrected chi connectivity index (χ1v) is 11.4. The third-order valence-electron chi connectivity index (χ3n) is 5.09. The second kappa shape index (κ2) is 13.9. The largest absolute Gasteiger partial charge is 0.393 e. The summed E-state index contributed by atoms with van der Waals surface area (Å²) in [7, 11) is 0. The maximum atomic E-state index is 8.56. The molecule has 1 aromatic heterocycles. The summed E-state index contributed by atoms with van der Waals surface area (Å²) in [5.41, 5.74) is 6.93. The van der Waals surface area contributed by atoms with E-state index >= 15 is 0 Å². The molecule has 35 heavy (non-hydrogen) atoms. The van der Waals surface area contributed by atoms with Gasteiger partial charge in [-0.2, -0.15) is 0 Å². The molecule has 4 rings (SSSR count). The minimum absolute atomic E-state index is 0. The third kappa shape index (κ3) is 8.37. The first-order chi connectivity index (χ1) is 16.3. The fraction of sp³-hybridized carbons (Fsp3) is 0.241. The average Bonchev–Trinajstić information content (AvgIpc) is 2.81. The van der Waals surface area contributed by atoms with Gasteiger partial charge in [0.1, 0.15) is 0 Å². The molecule has 6 heteroatoms. The van der Waals surface area contributed by atoms with Crippen molar-refractivity contribution in [3.8, 4) is 11.3 Å². The van der Waals surface area contributed by atoms with Crippen molar-refractivity contribution in [1.29, 1.82) is 0 Å². The number of anilines is 3. The Balaban J connectivity index is 0.000000476. The average molecular weight is 647 g/mol. The van der Waals surface area contributed by atoms with E-state index in [1.165, 1.54) is 0 Å². The molecule has 0 aliphatic carbocycles. The van der Waals surface area contributed by atoms with Gasteiger partial charge in [0.2, 0.25) is 0 Å². The van der Waals surface area contributed by atoms with Gasteiger partial charge in [-0.3, -0.25) is 4.98 Å². The molecule has 4 aromatic rings. The number of rotatable bonds is 6. The van der Waals surface area contributed by atoms with E-state index in [1.807, 2.05) is 32.0 Å². The zero-order chi connectivity index (χ0) is 24.5. The van der Waals surface area contributed by atoms with Gasteiger partial charge in [-0.05, 0) is 64.1 Å². The third-order valence-corrected chi connectivity index (χ3v) is 5.09. The molecule has 0 amide bonds. The summed E-state index contributed by atoms with van der Waals surface area (Å²) < 4.78 is 0. The van der Waals surface area contributed by atoms with Gasteiger partial charge >= 0.3 is 0 Å². The van der Waals surface area contributed by atoms with Gasteiger partial charge in [-0.1, -0.05) is 36.4 Å². The van der Waals surface area contributed by atoms with Crippen LogP contribution in [0.2, 0.25) is 0 Å². The van der Waals surface area contributed by atoms with Crippen LogP contribution in [0.4, 0.5) is 17.1 Å². The van der Waals surface area contributed by atoms with Gasteiger partial charge in [0.15, 0.2) is 0 Å². The van der Waals surface area contributed by atoms with Crippen molar-refractivity contribution in [1.82, 2.24) is 9.97 Å². The van der Waals surface area contributed by atoms with Crippen LogP contribution in [0.3, 0.4) is 0 Å². The molecule has 0 aliphatic heterocycles. The Hall–Kier alpha value is -2.89. The monoisotopic (exact) mass is 647 g/mol. The number of nitrogens with zero attached hydrogens (tertiary/aromatic N) is 3. The van der Waals surface area contributed by atoms with Crippen molar-refractivity contribution >= 4 is 17.1 Å². The minimum Gasteiger partial charge on any atom is -0.393 e. The molecule has 5 nitrogen and oxygen atoms in total. The van der Waals surface area contributed by atoms with Crippen LogP contribution in [0.15, 0.2) is 85.1 Å². The minimum atomic E-state index is -0.375. The second-order valence-corrected chi connectivity index (χ2v) is 8.35. The van der Waals surface area contributed by atoms with Crippen LogP contribution >= 0.6 is 0 Å². The van der Waals surface area contributed by atoms with Crippen LogP contribution < -0.4 is 4.90 Å². The van der Waals surface area contributed by atoms with E-state index in [4.69, 9.17) is 10.2 Å². The first kappa shape index (κ1) is 28.3. The molecule has 0 spiro atoms. The Bertz CT molecular complexity index is 1110. The molecule has 0 saturated carbocycles. The number of aliphatic hydroxyl groups excluding tert-OH is 2. The standard InChI is InChI=1S/C24H20N3.C5H12O2.Ir/c1-18-17-25-24(19(2)26-18)20-13-15-23(16-14-20)27(21-9-5-3-6-10-21)22-11-7-4-8-12-22;1-4(6)3-5(2)7;/h3-13,15-17H,1-2H3;4-7H,3H2,1-2H3;/q-1;;. The Morgan fingerprint density at radius 1 is 0.800 bits per heavy atom. The smallest absolute Gasteiger partial charge is 0.0539 e. The van der Waals surface area contributed by atoms with E-state index in [-0.39, 0.29) is 32.3 Å². The number of benzene rings is 3. The zero-order valence-electron chi connectivity index (χ0n) is 20.5. The van der Waals surface area contributed by atoms with Gasteiger partial charge in [-0.25, -0.2) is 0 Å². The molecule has 0 aliphatic rings. The molecule has 3 aromatic carbocycles. The molecule has 0 fully saturated rings. The van der Waals surface area contributed by atoms with Gasteiger partial charge in [-0.15, -0.1) is 29.8 Å². The molecule has 2 unspecified atom stereocenters. The fourth-order valence-corrected chi connectivity index (χ4v) is 3.66. The first-order valence-electron chi connectivity index (χ1n) is 11.4. The molecule has 0 bridgehead atoms. The quantitative estimate of drug-likeness (QED) is 0.246. The number of para-hydroxylation sites is 2. The summed E-state index contributed by atoms with van der Waals surface area (Å²) in [4.78, 5) is 11.3. The van der Waals surface area contributed by atoms with Crippen molar-refractivity contribution in [3.63, 3.8) is 0 Å². The maximum absolute atomic E-state index is 8.56. The molecule has 2 N–H and O–H groups in total. The number of hydrogen-bond acceptors (Lipinski definition) is 5. The Morgan fingerprint density at radius 3 is 1.74 bits per heavy atom.